The molecule has 0 bridgehead atoms. The van der Waals surface area contributed by atoms with Crippen molar-refractivity contribution in [3.8, 4) is 5.75 Å². The Kier molecular flexibility index (Phi) is 5.94. The van der Waals surface area contributed by atoms with Gasteiger partial charge in [-0.2, -0.15) is 0 Å². The van der Waals surface area contributed by atoms with E-state index in [4.69, 9.17) is 0 Å². The maximum atomic E-state index is 9.22. The van der Waals surface area contributed by atoms with E-state index >= 15 is 0 Å². The predicted octanol–water partition coefficient (Wildman–Crippen LogP) is 3.10. The molecule has 1 unspecified atom stereocenters. The van der Waals surface area contributed by atoms with Crippen molar-refractivity contribution >= 4 is 0 Å². The van der Waals surface area contributed by atoms with Crippen LogP contribution in [0.15, 0.2) is 24.3 Å². The number of phenols is 1. The molecule has 1 rings (SSSR count). The first kappa shape index (κ1) is 13.0. The Balaban J connectivity index is 2.49. The fourth-order valence-electron chi connectivity index (χ4n) is 1.89. The van der Waals surface area contributed by atoms with Crippen LogP contribution < -0.4 is 5.32 Å². The van der Waals surface area contributed by atoms with Crippen LogP contribution in [0, 0.1) is 0 Å². The van der Waals surface area contributed by atoms with E-state index in [-0.39, 0.29) is 0 Å². The zero-order chi connectivity index (χ0) is 11.8. The summed E-state index contributed by atoms with van der Waals surface area (Å²) < 4.78 is 0. The van der Waals surface area contributed by atoms with Gasteiger partial charge in [-0.15, -0.1) is 0 Å². The summed E-state index contributed by atoms with van der Waals surface area (Å²) in [5.74, 6) is 0.345. The van der Waals surface area contributed by atoms with E-state index in [1.54, 1.807) is 12.1 Å². The number of aromatic hydroxyl groups is 1. The lowest BCUT2D eigenvalue weighted by Gasteiger charge is -2.17. The van der Waals surface area contributed by atoms with Crippen LogP contribution in [-0.2, 0) is 6.42 Å². The first-order valence-electron chi connectivity index (χ1n) is 6.27. The monoisotopic (exact) mass is 221 g/mol. The van der Waals surface area contributed by atoms with Gasteiger partial charge in [-0.05, 0) is 43.5 Å². The molecule has 0 amide bonds. The molecule has 1 aromatic rings. The minimum atomic E-state index is 0.345. The van der Waals surface area contributed by atoms with Crippen LogP contribution in [0.4, 0.5) is 0 Å². The van der Waals surface area contributed by atoms with Crippen LogP contribution in [0.2, 0.25) is 0 Å². The maximum Gasteiger partial charge on any atom is 0.115 e. The van der Waals surface area contributed by atoms with Gasteiger partial charge in [0.25, 0.3) is 0 Å². The molecule has 0 aliphatic rings. The molecule has 1 atom stereocenters. The normalized spacial score (nSPS) is 12.6. The van der Waals surface area contributed by atoms with Gasteiger partial charge in [0, 0.05) is 6.04 Å². The molecule has 0 saturated carbocycles. The highest BCUT2D eigenvalue weighted by Crippen LogP contribution is 2.12. The molecule has 0 spiro atoms. The Morgan fingerprint density at radius 3 is 2.38 bits per heavy atom. The van der Waals surface area contributed by atoms with Crippen molar-refractivity contribution < 1.29 is 5.11 Å². The Labute approximate surface area is 98.7 Å². The quantitative estimate of drug-likeness (QED) is 0.741. The molecule has 2 nitrogen and oxygen atoms in total. The molecule has 0 aliphatic carbocycles. The van der Waals surface area contributed by atoms with E-state index in [0.29, 0.717) is 11.8 Å². The van der Waals surface area contributed by atoms with Crippen LogP contribution in [0.3, 0.4) is 0 Å². The Hall–Kier alpha value is -1.02. The number of phenolic OH excluding ortho intramolecular Hbond substituents is 1. The standard InChI is InChI=1S/C14H23NO/c1-3-5-13(15-10-4-2)11-12-6-8-14(16)9-7-12/h6-9,13,15-16H,3-5,10-11H2,1-2H3. The van der Waals surface area contributed by atoms with Crippen molar-refractivity contribution in [2.45, 2.75) is 45.6 Å². The average Bonchev–Trinajstić information content (AvgIpc) is 2.29. The van der Waals surface area contributed by atoms with Gasteiger partial charge in [0.05, 0.1) is 0 Å². The fraction of sp³-hybridized carbons (Fsp3) is 0.571. The Bertz CT molecular complexity index is 281. The van der Waals surface area contributed by atoms with Crippen molar-refractivity contribution in [3.05, 3.63) is 29.8 Å². The van der Waals surface area contributed by atoms with Crippen LogP contribution in [-0.4, -0.2) is 17.7 Å². The topological polar surface area (TPSA) is 32.3 Å². The third kappa shape index (κ3) is 4.67. The third-order valence-corrected chi connectivity index (χ3v) is 2.74. The summed E-state index contributed by atoms with van der Waals surface area (Å²) in [6, 6.07) is 8.10. The highest BCUT2D eigenvalue weighted by molar-refractivity contribution is 5.26. The van der Waals surface area contributed by atoms with Crippen molar-refractivity contribution in [1.29, 1.82) is 0 Å². The smallest absolute Gasteiger partial charge is 0.115 e. The van der Waals surface area contributed by atoms with E-state index in [0.717, 1.165) is 13.0 Å². The van der Waals surface area contributed by atoms with Crippen molar-refractivity contribution in [2.75, 3.05) is 6.54 Å². The predicted molar refractivity (Wildman–Crippen MR) is 68.8 cm³/mol. The zero-order valence-corrected chi connectivity index (χ0v) is 10.4. The lowest BCUT2D eigenvalue weighted by atomic mass is 10.0. The summed E-state index contributed by atoms with van der Waals surface area (Å²) in [5.41, 5.74) is 1.29. The summed E-state index contributed by atoms with van der Waals surface area (Å²) in [6.45, 7) is 5.50. The molecular formula is C14H23NO. The molecule has 90 valence electrons. The van der Waals surface area contributed by atoms with Gasteiger partial charge in [0.2, 0.25) is 0 Å². The van der Waals surface area contributed by atoms with E-state index in [2.05, 4.69) is 19.2 Å². The second-order valence-electron chi connectivity index (χ2n) is 4.31. The second kappa shape index (κ2) is 7.29. The molecule has 0 heterocycles. The van der Waals surface area contributed by atoms with E-state index in [9.17, 15) is 5.11 Å². The number of benzene rings is 1. The highest BCUT2D eigenvalue weighted by Gasteiger charge is 2.07. The molecule has 16 heavy (non-hydrogen) atoms. The Morgan fingerprint density at radius 2 is 1.81 bits per heavy atom. The second-order valence-corrected chi connectivity index (χ2v) is 4.31. The molecule has 2 heteroatoms. The number of nitrogens with one attached hydrogen (secondary N) is 1. The number of hydrogen-bond acceptors (Lipinski definition) is 2. The van der Waals surface area contributed by atoms with Crippen LogP contribution in [0.25, 0.3) is 0 Å². The molecule has 2 N–H and O–H groups in total. The van der Waals surface area contributed by atoms with Gasteiger partial charge in [-0.3, -0.25) is 0 Å². The largest absolute Gasteiger partial charge is 0.508 e. The van der Waals surface area contributed by atoms with Gasteiger partial charge in [-0.1, -0.05) is 32.4 Å². The first-order chi connectivity index (χ1) is 7.76. The SMILES string of the molecule is CCCNC(CCC)Cc1ccc(O)cc1. The summed E-state index contributed by atoms with van der Waals surface area (Å²) in [6.07, 6.45) is 4.64. The first-order valence-corrected chi connectivity index (χ1v) is 6.27. The lowest BCUT2D eigenvalue weighted by molar-refractivity contribution is 0.468. The fourth-order valence-corrected chi connectivity index (χ4v) is 1.89. The van der Waals surface area contributed by atoms with E-state index in [1.807, 2.05) is 12.1 Å². The van der Waals surface area contributed by atoms with Gasteiger partial charge in [0.15, 0.2) is 0 Å². The van der Waals surface area contributed by atoms with Gasteiger partial charge in [-0.25, -0.2) is 0 Å². The molecule has 0 aromatic heterocycles. The maximum absolute atomic E-state index is 9.22. The van der Waals surface area contributed by atoms with Crippen LogP contribution >= 0.6 is 0 Å². The highest BCUT2D eigenvalue weighted by atomic mass is 16.3. The summed E-state index contributed by atoms with van der Waals surface area (Å²) in [5, 5.41) is 12.8. The lowest BCUT2D eigenvalue weighted by Crippen LogP contribution is -2.31. The molecule has 1 aromatic carbocycles. The summed E-state index contributed by atoms with van der Waals surface area (Å²) >= 11 is 0. The van der Waals surface area contributed by atoms with Gasteiger partial charge in [0.1, 0.15) is 5.75 Å². The molecule has 0 fully saturated rings. The Morgan fingerprint density at radius 1 is 1.12 bits per heavy atom. The van der Waals surface area contributed by atoms with Crippen molar-refractivity contribution in [1.82, 2.24) is 5.32 Å². The third-order valence-electron chi connectivity index (χ3n) is 2.74. The van der Waals surface area contributed by atoms with E-state index in [1.165, 1.54) is 24.8 Å². The van der Waals surface area contributed by atoms with Crippen LogP contribution in [0.1, 0.15) is 38.7 Å². The van der Waals surface area contributed by atoms with Gasteiger partial charge >= 0.3 is 0 Å². The molecular weight excluding hydrogens is 198 g/mol. The minimum Gasteiger partial charge on any atom is -0.508 e. The van der Waals surface area contributed by atoms with Crippen molar-refractivity contribution in [2.24, 2.45) is 0 Å². The number of hydrogen-bond donors (Lipinski definition) is 2. The number of rotatable bonds is 7. The average molecular weight is 221 g/mol. The van der Waals surface area contributed by atoms with Crippen molar-refractivity contribution in [3.63, 3.8) is 0 Å². The van der Waals surface area contributed by atoms with Crippen LogP contribution in [0.5, 0.6) is 5.75 Å². The van der Waals surface area contributed by atoms with Gasteiger partial charge < -0.3 is 10.4 Å². The summed E-state index contributed by atoms with van der Waals surface area (Å²) in [7, 11) is 0. The minimum absolute atomic E-state index is 0.345. The zero-order valence-electron chi connectivity index (χ0n) is 10.4. The van der Waals surface area contributed by atoms with E-state index < -0.39 is 0 Å². The molecule has 0 saturated heterocycles. The molecule has 0 radical (unpaired) electrons. The molecule has 0 aliphatic heterocycles. The summed E-state index contributed by atoms with van der Waals surface area (Å²) in [4.78, 5) is 0.